The molecule has 5 heteroatoms. The molecule has 0 saturated heterocycles. The van der Waals surface area contributed by atoms with E-state index in [-0.39, 0.29) is 24.4 Å². The van der Waals surface area contributed by atoms with Crippen LogP contribution in [0.25, 0.3) is 0 Å². The highest BCUT2D eigenvalue weighted by Crippen LogP contribution is 2.26. The maximum atomic E-state index is 12.0. The van der Waals surface area contributed by atoms with Crippen LogP contribution < -0.4 is 11.1 Å². The Bertz CT molecular complexity index is 307. The van der Waals surface area contributed by atoms with Gasteiger partial charge in [-0.25, -0.2) is 0 Å². The molecule has 0 heterocycles. The van der Waals surface area contributed by atoms with Crippen molar-refractivity contribution in [3.05, 3.63) is 0 Å². The lowest BCUT2D eigenvalue weighted by molar-refractivity contribution is -0.135. The Morgan fingerprint density at radius 3 is 2.74 bits per heavy atom. The van der Waals surface area contributed by atoms with Crippen LogP contribution in [0.2, 0.25) is 0 Å². The van der Waals surface area contributed by atoms with E-state index < -0.39 is 0 Å². The second-order valence-corrected chi connectivity index (χ2v) is 5.60. The van der Waals surface area contributed by atoms with Crippen LogP contribution in [0.3, 0.4) is 0 Å². The third kappa shape index (κ3) is 6.05. The van der Waals surface area contributed by atoms with Crippen LogP contribution in [0, 0.1) is 5.92 Å². The van der Waals surface area contributed by atoms with Crippen LogP contribution in [0.15, 0.2) is 0 Å². The molecule has 0 spiro atoms. The van der Waals surface area contributed by atoms with Crippen LogP contribution in [0.5, 0.6) is 0 Å². The molecule has 2 amide bonds. The first-order chi connectivity index (χ1) is 9.02. The number of likely N-dealkylation sites (N-methyl/N-ethyl adjacent to an activating group) is 1. The zero-order chi connectivity index (χ0) is 14.3. The summed E-state index contributed by atoms with van der Waals surface area (Å²) in [6.45, 7) is 2.82. The highest BCUT2D eigenvalue weighted by molar-refractivity contribution is 5.84. The molecule has 2 atom stereocenters. The molecule has 5 nitrogen and oxygen atoms in total. The van der Waals surface area contributed by atoms with Crippen molar-refractivity contribution in [1.82, 2.24) is 10.2 Å². The minimum Gasteiger partial charge on any atom is -0.355 e. The molecule has 0 radical (unpaired) electrons. The zero-order valence-electron chi connectivity index (χ0n) is 12.2. The average Bonchev–Trinajstić information content (AvgIpc) is 2.36. The fourth-order valence-corrected chi connectivity index (χ4v) is 2.54. The van der Waals surface area contributed by atoms with Gasteiger partial charge in [0.05, 0.1) is 6.54 Å². The molecule has 0 aliphatic heterocycles. The van der Waals surface area contributed by atoms with Gasteiger partial charge in [0.1, 0.15) is 0 Å². The number of nitrogens with one attached hydrogen (secondary N) is 1. The highest BCUT2D eigenvalue weighted by Gasteiger charge is 2.23. The van der Waals surface area contributed by atoms with Gasteiger partial charge in [-0.1, -0.05) is 13.3 Å². The summed E-state index contributed by atoms with van der Waals surface area (Å²) < 4.78 is 0. The van der Waals surface area contributed by atoms with Gasteiger partial charge >= 0.3 is 0 Å². The fraction of sp³-hybridized carbons (Fsp3) is 0.857. The molecule has 0 aromatic carbocycles. The standard InChI is InChI=1S/C14H27N3O2/c1-3-7-16-13(18)10-17(2)14(19)9-11-5-4-6-12(15)8-11/h11-12H,3-10,15H2,1-2H3,(H,16,18). The number of hydrogen-bond donors (Lipinski definition) is 2. The molecule has 1 fully saturated rings. The monoisotopic (exact) mass is 269 g/mol. The van der Waals surface area contributed by atoms with E-state index in [0.29, 0.717) is 18.9 Å². The van der Waals surface area contributed by atoms with Gasteiger partial charge in [0.2, 0.25) is 11.8 Å². The maximum absolute atomic E-state index is 12.0. The van der Waals surface area contributed by atoms with Crippen molar-refractivity contribution >= 4 is 11.8 Å². The smallest absolute Gasteiger partial charge is 0.239 e. The average molecular weight is 269 g/mol. The lowest BCUT2D eigenvalue weighted by atomic mass is 9.84. The first-order valence-corrected chi connectivity index (χ1v) is 7.29. The summed E-state index contributed by atoms with van der Waals surface area (Å²) in [4.78, 5) is 25.1. The van der Waals surface area contributed by atoms with Gasteiger partial charge in [0.15, 0.2) is 0 Å². The molecular weight excluding hydrogens is 242 g/mol. The number of carbonyl (C=O) groups excluding carboxylic acids is 2. The van der Waals surface area contributed by atoms with Gasteiger partial charge < -0.3 is 16.0 Å². The zero-order valence-corrected chi connectivity index (χ0v) is 12.2. The maximum Gasteiger partial charge on any atom is 0.239 e. The second-order valence-electron chi connectivity index (χ2n) is 5.60. The van der Waals surface area contributed by atoms with Gasteiger partial charge in [-0.15, -0.1) is 0 Å². The Morgan fingerprint density at radius 1 is 1.37 bits per heavy atom. The van der Waals surface area contributed by atoms with Crippen LogP contribution >= 0.6 is 0 Å². The lowest BCUT2D eigenvalue weighted by Crippen LogP contribution is -2.39. The van der Waals surface area contributed by atoms with Gasteiger partial charge in [0, 0.05) is 26.1 Å². The van der Waals surface area contributed by atoms with E-state index in [0.717, 1.165) is 32.1 Å². The van der Waals surface area contributed by atoms with Crippen LogP contribution in [0.1, 0.15) is 45.4 Å². The van der Waals surface area contributed by atoms with Gasteiger partial charge in [-0.3, -0.25) is 9.59 Å². The van der Waals surface area contributed by atoms with Crippen LogP contribution in [0.4, 0.5) is 0 Å². The quantitative estimate of drug-likeness (QED) is 0.751. The van der Waals surface area contributed by atoms with E-state index in [4.69, 9.17) is 5.73 Å². The summed E-state index contributed by atoms with van der Waals surface area (Å²) in [6, 6.07) is 0.240. The molecule has 1 saturated carbocycles. The lowest BCUT2D eigenvalue weighted by Gasteiger charge is -2.27. The summed E-state index contributed by atoms with van der Waals surface area (Å²) >= 11 is 0. The summed E-state index contributed by atoms with van der Waals surface area (Å²) in [7, 11) is 1.69. The Morgan fingerprint density at radius 2 is 2.11 bits per heavy atom. The van der Waals surface area contributed by atoms with E-state index >= 15 is 0 Å². The summed E-state index contributed by atoms with van der Waals surface area (Å²) in [6.07, 6.45) is 5.62. The number of rotatable bonds is 6. The Balaban J connectivity index is 2.29. The second kappa shape index (κ2) is 8.15. The van der Waals surface area contributed by atoms with E-state index in [2.05, 4.69) is 5.32 Å². The summed E-state index contributed by atoms with van der Waals surface area (Å²) in [5.74, 6) is 0.348. The van der Waals surface area contributed by atoms with Crippen molar-refractivity contribution < 1.29 is 9.59 Å². The Hall–Kier alpha value is -1.10. The minimum absolute atomic E-state index is 0.0470. The summed E-state index contributed by atoms with van der Waals surface area (Å²) in [5.41, 5.74) is 5.92. The van der Waals surface area contributed by atoms with Gasteiger partial charge in [0.25, 0.3) is 0 Å². The van der Waals surface area contributed by atoms with E-state index in [9.17, 15) is 9.59 Å². The number of hydrogen-bond acceptors (Lipinski definition) is 3. The predicted octanol–water partition coefficient (Wildman–Crippen LogP) is 0.879. The molecule has 3 N–H and O–H groups in total. The van der Waals surface area contributed by atoms with Crippen LogP contribution in [-0.4, -0.2) is 42.9 Å². The first-order valence-electron chi connectivity index (χ1n) is 7.29. The number of nitrogens with two attached hydrogens (primary N) is 1. The molecule has 1 aliphatic rings. The van der Waals surface area contributed by atoms with Gasteiger partial charge in [-0.05, 0) is 31.6 Å². The first kappa shape index (κ1) is 16.0. The van der Waals surface area contributed by atoms with E-state index in [1.54, 1.807) is 7.05 Å². The number of carbonyl (C=O) groups is 2. The molecule has 0 bridgehead atoms. The molecule has 19 heavy (non-hydrogen) atoms. The van der Waals surface area contributed by atoms with Crippen LogP contribution in [-0.2, 0) is 9.59 Å². The number of nitrogens with zero attached hydrogens (tertiary/aromatic N) is 1. The molecule has 1 rings (SSSR count). The third-order valence-corrected chi connectivity index (χ3v) is 3.67. The predicted molar refractivity (Wildman–Crippen MR) is 75.5 cm³/mol. The Labute approximate surface area is 115 Å². The van der Waals surface area contributed by atoms with Gasteiger partial charge in [-0.2, -0.15) is 0 Å². The van der Waals surface area contributed by atoms with Crippen molar-refractivity contribution in [3.8, 4) is 0 Å². The van der Waals surface area contributed by atoms with Crippen molar-refractivity contribution in [1.29, 1.82) is 0 Å². The normalized spacial score (nSPS) is 22.9. The van der Waals surface area contributed by atoms with E-state index in [1.165, 1.54) is 4.90 Å². The molecular formula is C14H27N3O2. The molecule has 1 aliphatic carbocycles. The number of amides is 2. The SMILES string of the molecule is CCCNC(=O)CN(C)C(=O)CC1CCCC(N)C1. The third-order valence-electron chi connectivity index (χ3n) is 3.67. The molecule has 110 valence electrons. The van der Waals surface area contributed by atoms with E-state index in [1.807, 2.05) is 6.92 Å². The van der Waals surface area contributed by atoms with Crippen molar-refractivity contribution in [2.24, 2.45) is 11.7 Å². The largest absolute Gasteiger partial charge is 0.355 e. The molecule has 0 aromatic rings. The molecule has 0 aromatic heterocycles. The minimum atomic E-state index is -0.0851. The molecule has 2 unspecified atom stereocenters. The van der Waals surface area contributed by atoms with Crippen molar-refractivity contribution in [2.75, 3.05) is 20.1 Å². The highest BCUT2D eigenvalue weighted by atomic mass is 16.2. The Kier molecular flexibility index (Phi) is 6.84. The fourth-order valence-electron chi connectivity index (χ4n) is 2.54. The van der Waals surface area contributed by atoms with Crippen molar-refractivity contribution in [3.63, 3.8) is 0 Å². The topological polar surface area (TPSA) is 75.4 Å². The summed E-state index contributed by atoms with van der Waals surface area (Å²) in [5, 5.41) is 2.78. The van der Waals surface area contributed by atoms with Crippen molar-refractivity contribution in [2.45, 2.75) is 51.5 Å².